The number of carbonyl (C=O) groups is 2. The Bertz CT molecular complexity index is 741. The molecule has 2 amide bonds. The van der Waals surface area contributed by atoms with Gasteiger partial charge in [-0.25, -0.2) is 9.97 Å². The summed E-state index contributed by atoms with van der Waals surface area (Å²) in [6, 6.07) is 6.60. The van der Waals surface area contributed by atoms with Gasteiger partial charge in [-0.05, 0) is 44.5 Å². The van der Waals surface area contributed by atoms with Gasteiger partial charge < -0.3 is 16.4 Å². The summed E-state index contributed by atoms with van der Waals surface area (Å²) in [7, 11) is 0. The summed E-state index contributed by atoms with van der Waals surface area (Å²) in [6.07, 6.45) is 3.64. The molecule has 0 aliphatic heterocycles. The molecule has 0 atom stereocenters. The minimum atomic E-state index is -0.454. The zero-order valence-electron chi connectivity index (χ0n) is 14.0. The van der Waals surface area contributed by atoms with E-state index in [0.717, 1.165) is 6.42 Å². The van der Waals surface area contributed by atoms with Gasteiger partial charge >= 0.3 is 0 Å². The largest absolute Gasteiger partial charge is 0.382 e. The third kappa shape index (κ3) is 4.28. The van der Waals surface area contributed by atoms with E-state index in [0.29, 0.717) is 11.3 Å². The first kappa shape index (κ1) is 17.4. The quantitative estimate of drug-likeness (QED) is 0.780. The standard InChI is InChI=1S/C17H21N5O2/c1-4-17(2,3)22-15(23)11-5-7-12(8-6-11)21-16(24)13-14(18)20-10-9-19-13/h5-10H,4H2,1-3H3,(H2,18,20)(H,21,24)(H,22,23). The molecule has 7 nitrogen and oxygen atoms in total. The van der Waals surface area contributed by atoms with E-state index in [1.807, 2.05) is 20.8 Å². The van der Waals surface area contributed by atoms with Crippen molar-refractivity contribution in [1.29, 1.82) is 0 Å². The Labute approximate surface area is 140 Å². The number of carbonyl (C=O) groups excluding carboxylic acids is 2. The maximum atomic E-state index is 12.2. The van der Waals surface area contributed by atoms with Crippen molar-refractivity contribution in [2.75, 3.05) is 11.1 Å². The van der Waals surface area contributed by atoms with Crippen molar-refractivity contribution in [2.45, 2.75) is 32.7 Å². The van der Waals surface area contributed by atoms with E-state index in [-0.39, 0.29) is 23.0 Å². The van der Waals surface area contributed by atoms with Gasteiger partial charge in [0.25, 0.3) is 11.8 Å². The van der Waals surface area contributed by atoms with Crippen LogP contribution in [-0.4, -0.2) is 27.3 Å². The fraction of sp³-hybridized carbons (Fsp3) is 0.294. The molecule has 2 rings (SSSR count). The van der Waals surface area contributed by atoms with Crippen LogP contribution in [-0.2, 0) is 0 Å². The lowest BCUT2D eigenvalue weighted by atomic mass is 10.0. The van der Waals surface area contributed by atoms with Crippen molar-refractivity contribution in [3.63, 3.8) is 0 Å². The summed E-state index contributed by atoms with van der Waals surface area (Å²) in [4.78, 5) is 32.0. The zero-order valence-corrected chi connectivity index (χ0v) is 14.0. The van der Waals surface area contributed by atoms with Gasteiger partial charge in [-0.3, -0.25) is 9.59 Å². The molecule has 0 saturated heterocycles. The van der Waals surface area contributed by atoms with Crippen molar-refractivity contribution in [3.8, 4) is 0 Å². The second kappa shape index (κ2) is 7.08. The number of nitrogen functional groups attached to an aromatic ring is 1. The third-order valence-electron chi connectivity index (χ3n) is 3.68. The van der Waals surface area contributed by atoms with Crippen LogP contribution in [0.4, 0.5) is 11.5 Å². The van der Waals surface area contributed by atoms with Crippen LogP contribution in [0.3, 0.4) is 0 Å². The average Bonchev–Trinajstić information content (AvgIpc) is 2.55. The predicted octanol–water partition coefficient (Wildman–Crippen LogP) is 2.23. The Morgan fingerprint density at radius 3 is 2.29 bits per heavy atom. The number of nitrogens with one attached hydrogen (secondary N) is 2. The molecule has 0 bridgehead atoms. The maximum absolute atomic E-state index is 12.2. The number of rotatable bonds is 5. The van der Waals surface area contributed by atoms with E-state index >= 15 is 0 Å². The molecule has 1 aromatic carbocycles. The molecule has 1 heterocycles. The van der Waals surface area contributed by atoms with Gasteiger partial charge in [-0.15, -0.1) is 0 Å². The molecular weight excluding hydrogens is 306 g/mol. The lowest BCUT2D eigenvalue weighted by molar-refractivity contribution is 0.0911. The highest BCUT2D eigenvalue weighted by Crippen LogP contribution is 2.14. The van der Waals surface area contributed by atoms with Crippen LogP contribution in [0.5, 0.6) is 0 Å². The van der Waals surface area contributed by atoms with Crippen LogP contribution in [0.25, 0.3) is 0 Å². The summed E-state index contributed by atoms with van der Waals surface area (Å²) >= 11 is 0. The first-order chi connectivity index (χ1) is 11.3. The SMILES string of the molecule is CCC(C)(C)NC(=O)c1ccc(NC(=O)c2nccnc2N)cc1. The molecule has 7 heteroatoms. The van der Waals surface area contributed by atoms with Gasteiger partial charge in [0.2, 0.25) is 0 Å². The Balaban J connectivity index is 2.06. The molecule has 1 aromatic heterocycles. The lowest BCUT2D eigenvalue weighted by Crippen LogP contribution is -2.42. The number of benzene rings is 1. The molecule has 0 aliphatic carbocycles. The molecule has 24 heavy (non-hydrogen) atoms. The first-order valence-electron chi connectivity index (χ1n) is 7.63. The maximum Gasteiger partial charge on any atom is 0.278 e. The van der Waals surface area contributed by atoms with Crippen LogP contribution in [0.1, 0.15) is 48.0 Å². The summed E-state index contributed by atoms with van der Waals surface area (Å²) in [5.41, 5.74) is 6.47. The highest BCUT2D eigenvalue weighted by molar-refractivity contribution is 6.05. The van der Waals surface area contributed by atoms with E-state index in [4.69, 9.17) is 5.73 Å². The molecule has 4 N–H and O–H groups in total. The number of amides is 2. The summed E-state index contributed by atoms with van der Waals surface area (Å²) in [6.45, 7) is 5.94. The van der Waals surface area contributed by atoms with E-state index in [1.54, 1.807) is 24.3 Å². The van der Waals surface area contributed by atoms with Crippen molar-refractivity contribution in [1.82, 2.24) is 15.3 Å². The highest BCUT2D eigenvalue weighted by Gasteiger charge is 2.19. The molecule has 2 aromatic rings. The first-order valence-corrected chi connectivity index (χ1v) is 7.63. The second-order valence-electron chi connectivity index (χ2n) is 6.01. The number of hydrogen-bond acceptors (Lipinski definition) is 5. The topological polar surface area (TPSA) is 110 Å². The van der Waals surface area contributed by atoms with E-state index in [2.05, 4.69) is 20.6 Å². The van der Waals surface area contributed by atoms with Crippen LogP contribution < -0.4 is 16.4 Å². The van der Waals surface area contributed by atoms with Crippen LogP contribution in [0.2, 0.25) is 0 Å². The van der Waals surface area contributed by atoms with Gasteiger partial charge in [0.15, 0.2) is 11.5 Å². The molecule has 0 saturated carbocycles. The highest BCUT2D eigenvalue weighted by atomic mass is 16.2. The van der Waals surface area contributed by atoms with Crippen molar-refractivity contribution >= 4 is 23.3 Å². The zero-order chi connectivity index (χ0) is 17.7. The average molecular weight is 327 g/mol. The number of hydrogen-bond donors (Lipinski definition) is 3. The van der Waals surface area contributed by atoms with Gasteiger partial charge in [-0.1, -0.05) is 6.92 Å². The summed E-state index contributed by atoms with van der Waals surface area (Å²) in [5, 5.41) is 5.63. The van der Waals surface area contributed by atoms with Gasteiger partial charge in [-0.2, -0.15) is 0 Å². The number of aromatic nitrogens is 2. The molecule has 0 aliphatic rings. The molecular formula is C17H21N5O2. The lowest BCUT2D eigenvalue weighted by Gasteiger charge is -2.24. The second-order valence-corrected chi connectivity index (χ2v) is 6.01. The Morgan fingerprint density at radius 1 is 1.08 bits per heavy atom. The summed E-state index contributed by atoms with van der Waals surface area (Å²) in [5.74, 6) is -0.546. The van der Waals surface area contributed by atoms with E-state index < -0.39 is 5.91 Å². The monoisotopic (exact) mass is 327 g/mol. The number of nitrogens with zero attached hydrogens (tertiary/aromatic N) is 2. The minimum absolute atomic E-state index is 0.0593. The number of nitrogens with two attached hydrogens (primary N) is 1. The van der Waals surface area contributed by atoms with Crippen molar-refractivity contribution in [3.05, 3.63) is 47.9 Å². The normalized spacial score (nSPS) is 11.0. The third-order valence-corrected chi connectivity index (χ3v) is 3.68. The fourth-order valence-electron chi connectivity index (χ4n) is 1.89. The fourth-order valence-corrected chi connectivity index (χ4v) is 1.89. The molecule has 0 radical (unpaired) electrons. The van der Waals surface area contributed by atoms with E-state index in [1.165, 1.54) is 12.4 Å². The van der Waals surface area contributed by atoms with Crippen LogP contribution in [0, 0.1) is 0 Å². The molecule has 126 valence electrons. The summed E-state index contributed by atoms with van der Waals surface area (Å²) < 4.78 is 0. The van der Waals surface area contributed by atoms with Gasteiger partial charge in [0.1, 0.15) is 0 Å². The van der Waals surface area contributed by atoms with E-state index in [9.17, 15) is 9.59 Å². The smallest absolute Gasteiger partial charge is 0.278 e. The van der Waals surface area contributed by atoms with Crippen molar-refractivity contribution < 1.29 is 9.59 Å². The Morgan fingerprint density at radius 2 is 1.71 bits per heavy atom. The van der Waals surface area contributed by atoms with Crippen LogP contribution >= 0.6 is 0 Å². The van der Waals surface area contributed by atoms with Gasteiger partial charge in [0, 0.05) is 29.2 Å². The molecule has 0 unspecified atom stereocenters. The molecule has 0 fully saturated rings. The van der Waals surface area contributed by atoms with Gasteiger partial charge in [0.05, 0.1) is 0 Å². The number of anilines is 2. The predicted molar refractivity (Wildman–Crippen MR) is 92.7 cm³/mol. The Hall–Kier alpha value is -2.96. The Kier molecular flexibility index (Phi) is 5.13. The molecule has 0 spiro atoms. The van der Waals surface area contributed by atoms with Crippen molar-refractivity contribution in [2.24, 2.45) is 0 Å². The minimum Gasteiger partial charge on any atom is -0.382 e. The van der Waals surface area contributed by atoms with Crippen LogP contribution in [0.15, 0.2) is 36.7 Å².